The fraction of sp³-hybridized carbons (Fsp3) is 0.929. The van der Waals surface area contributed by atoms with Gasteiger partial charge in [-0.1, -0.05) is 51.9 Å². The highest BCUT2D eigenvalue weighted by molar-refractivity contribution is 5.79. The topological polar surface area (TPSA) is 55.1 Å². The lowest BCUT2D eigenvalue weighted by molar-refractivity contribution is -0.120. The first-order chi connectivity index (χ1) is 8.24. The van der Waals surface area contributed by atoms with E-state index in [1.807, 2.05) is 0 Å². The number of nitrogens with two attached hydrogens (primary N) is 1. The number of rotatable bonds is 11. The lowest BCUT2D eigenvalue weighted by Gasteiger charge is -2.14. The molecule has 1 unspecified atom stereocenters. The maximum Gasteiger partial charge on any atom is 0.234 e. The van der Waals surface area contributed by atoms with Gasteiger partial charge >= 0.3 is 0 Å². The van der Waals surface area contributed by atoms with Gasteiger partial charge in [0.05, 0.1) is 6.04 Å². The molecule has 100 valence electrons. The van der Waals surface area contributed by atoms with Gasteiger partial charge in [0, 0.05) is 6.04 Å². The Balaban J connectivity index is 1.96. The van der Waals surface area contributed by atoms with Crippen LogP contribution >= 0.6 is 0 Å². The molecule has 0 aromatic heterocycles. The van der Waals surface area contributed by atoms with E-state index in [2.05, 4.69) is 12.2 Å². The van der Waals surface area contributed by atoms with Gasteiger partial charge < -0.3 is 11.1 Å². The molecule has 3 heteroatoms. The van der Waals surface area contributed by atoms with Crippen molar-refractivity contribution in [3.63, 3.8) is 0 Å². The monoisotopic (exact) mass is 240 g/mol. The summed E-state index contributed by atoms with van der Waals surface area (Å²) in [6, 6.07) is 0.482. The zero-order valence-corrected chi connectivity index (χ0v) is 11.2. The van der Waals surface area contributed by atoms with Crippen molar-refractivity contribution >= 4 is 5.91 Å². The smallest absolute Gasteiger partial charge is 0.234 e. The van der Waals surface area contributed by atoms with Gasteiger partial charge in [-0.2, -0.15) is 0 Å². The molecule has 1 aliphatic carbocycles. The van der Waals surface area contributed by atoms with E-state index in [-0.39, 0.29) is 11.9 Å². The first kappa shape index (κ1) is 14.5. The lowest BCUT2D eigenvalue weighted by Crippen LogP contribution is -2.42. The van der Waals surface area contributed by atoms with Crippen LogP contribution in [0.5, 0.6) is 0 Å². The molecule has 1 rings (SSSR count). The van der Waals surface area contributed by atoms with Crippen LogP contribution in [0, 0.1) is 0 Å². The fourth-order valence-electron chi connectivity index (χ4n) is 2.15. The average Bonchev–Trinajstić information content (AvgIpc) is 3.10. The standard InChI is InChI=1S/C14H28N2O/c1-2-3-4-5-6-7-8-9-13(14(15)17)16-12-10-11-12/h12-13,16H,2-11H2,1H3,(H2,15,17). The van der Waals surface area contributed by atoms with Crippen molar-refractivity contribution in [1.82, 2.24) is 5.32 Å². The second-order valence-corrected chi connectivity index (χ2v) is 5.31. The lowest BCUT2D eigenvalue weighted by atomic mass is 10.0. The quantitative estimate of drug-likeness (QED) is 0.546. The molecule has 1 atom stereocenters. The van der Waals surface area contributed by atoms with E-state index in [0.29, 0.717) is 6.04 Å². The zero-order chi connectivity index (χ0) is 12.5. The average molecular weight is 240 g/mol. The number of nitrogens with one attached hydrogen (secondary N) is 1. The third kappa shape index (κ3) is 7.37. The second-order valence-electron chi connectivity index (χ2n) is 5.31. The Labute approximate surface area is 106 Å². The highest BCUT2D eigenvalue weighted by Crippen LogP contribution is 2.20. The Kier molecular flexibility index (Phi) is 7.25. The SMILES string of the molecule is CCCCCCCCCC(NC1CC1)C(N)=O. The van der Waals surface area contributed by atoms with E-state index in [9.17, 15) is 4.79 Å². The third-order valence-electron chi connectivity index (χ3n) is 3.45. The Hall–Kier alpha value is -0.570. The molecule has 3 N–H and O–H groups in total. The molecule has 1 fully saturated rings. The van der Waals surface area contributed by atoms with E-state index in [1.165, 1.54) is 51.4 Å². The molecular formula is C14H28N2O. The molecule has 0 heterocycles. The molecule has 1 amide bonds. The molecule has 17 heavy (non-hydrogen) atoms. The molecule has 1 saturated carbocycles. The van der Waals surface area contributed by atoms with E-state index in [0.717, 1.165) is 12.8 Å². The van der Waals surface area contributed by atoms with Crippen LogP contribution in [0.15, 0.2) is 0 Å². The van der Waals surface area contributed by atoms with Crippen molar-refractivity contribution in [2.45, 2.75) is 83.2 Å². The normalized spacial score (nSPS) is 17.0. The summed E-state index contributed by atoms with van der Waals surface area (Å²) in [4.78, 5) is 11.2. The van der Waals surface area contributed by atoms with Gasteiger partial charge in [-0.15, -0.1) is 0 Å². The number of carbonyl (C=O) groups excluding carboxylic acids is 1. The van der Waals surface area contributed by atoms with Gasteiger partial charge in [-0.05, 0) is 19.3 Å². The number of carbonyl (C=O) groups is 1. The summed E-state index contributed by atoms with van der Waals surface area (Å²) in [6.45, 7) is 2.24. The molecule has 0 saturated heterocycles. The minimum atomic E-state index is -0.178. The van der Waals surface area contributed by atoms with Crippen molar-refractivity contribution in [2.75, 3.05) is 0 Å². The van der Waals surface area contributed by atoms with Gasteiger partial charge in [-0.25, -0.2) is 0 Å². The summed E-state index contributed by atoms with van der Waals surface area (Å²) in [7, 11) is 0. The Bertz CT molecular complexity index is 214. The molecule has 0 radical (unpaired) electrons. The van der Waals surface area contributed by atoms with Gasteiger partial charge in [-0.3, -0.25) is 4.79 Å². The van der Waals surface area contributed by atoms with Crippen molar-refractivity contribution in [2.24, 2.45) is 5.73 Å². The maximum absolute atomic E-state index is 11.2. The number of primary amides is 1. The van der Waals surface area contributed by atoms with E-state index >= 15 is 0 Å². The summed E-state index contributed by atoms with van der Waals surface area (Å²) >= 11 is 0. The van der Waals surface area contributed by atoms with Gasteiger partial charge in [0.25, 0.3) is 0 Å². The third-order valence-corrected chi connectivity index (χ3v) is 3.45. The van der Waals surface area contributed by atoms with Crippen molar-refractivity contribution in [1.29, 1.82) is 0 Å². The van der Waals surface area contributed by atoms with Crippen LogP contribution in [-0.2, 0) is 4.79 Å². The Morgan fingerprint density at radius 3 is 2.29 bits per heavy atom. The van der Waals surface area contributed by atoms with E-state index < -0.39 is 0 Å². The first-order valence-electron chi connectivity index (χ1n) is 7.29. The summed E-state index contributed by atoms with van der Waals surface area (Å²) in [5.41, 5.74) is 5.39. The summed E-state index contributed by atoms with van der Waals surface area (Å²) < 4.78 is 0. The molecule has 0 aromatic carbocycles. The van der Waals surface area contributed by atoms with Crippen LogP contribution < -0.4 is 11.1 Å². The Morgan fingerprint density at radius 2 is 1.76 bits per heavy atom. The predicted molar refractivity (Wildman–Crippen MR) is 71.8 cm³/mol. The maximum atomic E-state index is 11.2. The van der Waals surface area contributed by atoms with E-state index in [1.54, 1.807) is 0 Å². The van der Waals surface area contributed by atoms with Crippen LogP contribution in [0.2, 0.25) is 0 Å². The number of hydrogen-bond donors (Lipinski definition) is 2. The van der Waals surface area contributed by atoms with Gasteiger partial charge in [0.2, 0.25) is 5.91 Å². The van der Waals surface area contributed by atoms with Crippen molar-refractivity contribution < 1.29 is 4.79 Å². The molecule has 0 bridgehead atoms. The van der Waals surface area contributed by atoms with Gasteiger partial charge in [0.1, 0.15) is 0 Å². The molecular weight excluding hydrogens is 212 g/mol. The van der Waals surface area contributed by atoms with Crippen molar-refractivity contribution in [3.05, 3.63) is 0 Å². The molecule has 3 nitrogen and oxygen atoms in total. The number of amides is 1. The Morgan fingerprint density at radius 1 is 1.18 bits per heavy atom. The van der Waals surface area contributed by atoms with Crippen LogP contribution in [0.1, 0.15) is 71.1 Å². The second kappa shape index (κ2) is 8.51. The molecule has 0 aromatic rings. The first-order valence-corrected chi connectivity index (χ1v) is 7.29. The van der Waals surface area contributed by atoms with Crippen LogP contribution in [-0.4, -0.2) is 18.0 Å². The fourth-order valence-corrected chi connectivity index (χ4v) is 2.15. The minimum Gasteiger partial charge on any atom is -0.368 e. The van der Waals surface area contributed by atoms with Crippen LogP contribution in [0.4, 0.5) is 0 Å². The molecule has 1 aliphatic rings. The zero-order valence-electron chi connectivity index (χ0n) is 11.2. The highest BCUT2D eigenvalue weighted by atomic mass is 16.1. The van der Waals surface area contributed by atoms with Crippen LogP contribution in [0.25, 0.3) is 0 Å². The summed E-state index contributed by atoms with van der Waals surface area (Å²) in [5.74, 6) is -0.178. The van der Waals surface area contributed by atoms with Gasteiger partial charge in [0.15, 0.2) is 0 Å². The molecule has 0 spiro atoms. The van der Waals surface area contributed by atoms with E-state index in [4.69, 9.17) is 5.73 Å². The highest BCUT2D eigenvalue weighted by Gasteiger charge is 2.26. The predicted octanol–water partition coefficient (Wildman–Crippen LogP) is 2.73. The largest absolute Gasteiger partial charge is 0.368 e. The van der Waals surface area contributed by atoms with Crippen molar-refractivity contribution in [3.8, 4) is 0 Å². The summed E-state index contributed by atoms with van der Waals surface area (Å²) in [6.07, 6.45) is 12.3. The number of hydrogen-bond acceptors (Lipinski definition) is 2. The minimum absolute atomic E-state index is 0.0851. The number of unbranched alkanes of at least 4 members (excludes halogenated alkanes) is 6. The van der Waals surface area contributed by atoms with Crippen LogP contribution in [0.3, 0.4) is 0 Å². The molecule has 0 aliphatic heterocycles. The summed E-state index contributed by atoms with van der Waals surface area (Å²) in [5, 5.41) is 3.33.